The van der Waals surface area contributed by atoms with Gasteiger partial charge in [-0.05, 0) is 13.3 Å². The Labute approximate surface area is 99.5 Å². The van der Waals surface area contributed by atoms with Gasteiger partial charge in [-0.3, -0.25) is 4.90 Å². The van der Waals surface area contributed by atoms with E-state index in [0.717, 1.165) is 12.7 Å². The van der Waals surface area contributed by atoms with Crippen LogP contribution >= 0.6 is 24.0 Å². The Bertz CT molecular complexity index is 113. The lowest BCUT2D eigenvalue weighted by molar-refractivity contribution is 0.240. The Kier molecular flexibility index (Phi) is 8.40. The predicted octanol–water partition coefficient (Wildman–Crippen LogP) is 2.44. The van der Waals surface area contributed by atoms with Crippen molar-refractivity contribution in [1.82, 2.24) is 10.2 Å². The summed E-state index contributed by atoms with van der Waals surface area (Å²) in [7, 11) is 0. The SMILES string of the molecule is CCCCCC(C)N1CCNC1.I. The molecule has 0 aromatic heterocycles. The molecule has 1 saturated heterocycles. The Balaban J connectivity index is 0.00000144. The van der Waals surface area contributed by atoms with Crippen LogP contribution in [0.1, 0.15) is 39.5 Å². The van der Waals surface area contributed by atoms with Crippen LogP contribution in [-0.2, 0) is 0 Å². The minimum atomic E-state index is 0. The predicted molar refractivity (Wildman–Crippen MR) is 68.6 cm³/mol. The lowest BCUT2D eigenvalue weighted by atomic mass is 10.1. The van der Waals surface area contributed by atoms with Crippen LogP contribution in [0, 0.1) is 0 Å². The first-order chi connectivity index (χ1) is 5.84. The van der Waals surface area contributed by atoms with Gasteiger partial charge < -0.3 is 5.32 Å². The topological polar surface area (TPSA) is 15.3 Å². The third-order valence-electron chi connectivity index (χ3n) is 2.74. The summed E-state index contributed by atoms with van der Waals surface area (Å²) in [5.41, 5.74) is 0. The number of nitrogens with zero attached hydrogens (tertiary/aromatic N) is 1. The lowest BCUT2D eigenvalue weighted by Gasteiger charge is -2.22. The molecule has 0 spiro atoms. The van der Waals surface area contributed by atoms with Gasteiger partial charge >= 0.3 is 0 Å². The molecule has 1 aliphatic rings. The second kappa shape index (κ2) is 8.00. The number of hydrogen-bond acceptors (Lipinski definition) is 2. The van der Waals surface area contributed by atoms with Crippen LogP contribution in [0.15, 0.2) is 0 Å². The molecule has 1 atom stereocenters. The molecule has 3 heteroatoms. The van der Waals surface area contributed by atoms with Crippen LogP contribution in [0.5, 0.6) is 0 Å². The highest BCUT2D eigenvalue weighted by atomic mass is 127. The summed E-state index contributed by atoms with van der Waals surface area (Å²) in [5.74, 6) is 0. The van der Waals surface area contributed by atoms with Crippen molar-refractivity contribution >= 4 is 24.0 Å². The number of nitrogens with one attached hydrogen (secondary N) is 1. The highest BCUT2D eigenvalue weighted by Gasteiger charge is 2.16. The molecule has 1 fully saturated rings. The standard InChI is InChI=1S/C10H22N2.HI/c1-3-4-5-6-10(2)12-8-7-11-9-12;/h10-11H,3-9H2,1-2H3;1H. The van der Waals surface area contributed by atoms with Gasteiger partial charge in [0.05, 0.1) is 0 Å². The molecule has 0 aromatic carbocycles. The Morgan fingerprint density at radius 1 is 1.38 bits per heavy atom. The molecule has 80 valence electrons. The van der Waals surface area contributed by atoms with Crippen molar-refractivity contribution in [2.45, 2.75) is 45.6 Å². The largest absolute Gasteiger partial charge is 0.303 e. The molecular formula is C10H23IN2. The molecule has 0 amide bonds. The molecule has 1 aliphatic heterocycles. The molecule has 1 heterocycles. The van der Waals surface area contributed by atoms with Crippen molar-refractivity contribution in [3.05, 3.63) is 0 Å². The maximum atomic E-state index is 3.37. The molecule has 0 aromatic rings. The van der Waals surface area contributed by atoms with Crippen molar-refractivity contribution in [3.8, 4) is 0 Å². The van der Waals surface area contributed by atoms with Gasteiger partial charge in [0.2, 0.25) is 0 Å². The van der Waals surface area contributed by atoms with Gasteiger partial charge in [0.1, 0.15) is 0 Å². The molecule has 0 bridgehead atoms. The molecule has 2 nitrogen and oxygen atoms in total. The monoisotopic (exact) mass is 298 g/mol. The third-order valence-corrected chi connectivity index (χ3v) is 2.74. The first-order valence-corrected chi connectivity index (χ1v) is 5.29. The summed E-state index contributed by atoms with van der Waals surface area (Å²) < 4.78 is 0. The number of unbranched alkanes of at least 4 members (excludes halogenated alkanes) is 2. The zero-order valence-electron chi connectivity index (χ0n) is 8.88. The first kappa shape index (κ1) is 13.7. The molecule has 0 saturated carbocycles. The molecule has 13 heavy (non-hydrogen) atoms. The van der Waals surface area contributed by atoms with Gasteiger partial charge in [-0.15, -0.1) is 24.0 Å². The summed E-state index contributed by atoms with van der Waals surface area (Å²) in [4.78, 5) is 2.54. The van der Waals surface area contributed by atoms with E-state index >= 15 is 0 Å². The van der Waals surface area contributed by atoms with Gasteiger partial charge in [0, 0.05) is 25.8 Å². The smallest absolute Gasteiger partial charge is 0.0484 e. The van der Waals surface area contributed by atoms with Crippen LogP contribution in [0.2, 0.25) is 0 Å². The normalized spacial score (nSPS) is 19.8. The van der Waals surface area contributed by atoms with E-state index in [1.807, 2.05) is 0 Å². The van der Waals surface area contributed by atoms with Crippen molar-refractivity contribution in [2.75, 3.05) is 19.8 Å². The highest BCUT2D eigenvalue weighted by molar-refractivity contribution is 14.0. The first-order valence-electron chi connectivity index (χ1n) is 5.29. The van der Waals surface area contributed by atoms with Crippen LogP contribution in [-0.4, -0.2) is 30.7 Å². The van der Waals surface area contributed by atoms with Gasteiger partial charge in [0.15, 0.2) is 0 Å². The van der Waals surface area contributed by atoms with Crippen molar-refractivity contribution in [1.29, 1.82) is 0 Å². The molecule has 1 unspecified atom stereocenters. The van der Waals surface area contributed by atoms with E-state index in [-0.39, 0.29) is 24.0 Å². The van der Waals surface area contributed by atoms with Gasteiger partial charge in [-0.2, -0.15) is 0 Å². The van der Waals surface area contributed by atoms with Crippen molar-refractivity contribution < 1.29 is 0 Å². The fourth-order valence-corrected chi connectivity index (χ4v) is 1.77. The zero-order valence-corrected chi connectivity index (χ0v) is 11.2. The number of rotatable bonds is 5. The quantitative estimate of drug-likeness (QED) is 0.619. The third kappa shape index (κ3) is 5.18. The summed E-state index contributed by atoms with van der Waals surface area (Å²) in [5, 5.41) is 3.37. The van der Waals surface area contributed by atoms with Gasteiger partial charge in [-0.25, -0.2) is 0 Å². The van der Waals surface area contributed by atoms with Gasteiger partial charge in [0.25, 0.3) is 0 Å². The van der Waals surface area contributed by atoms with Crippen molar-refractivity contribution in [3.63, 3.8) is 0 Å². The Hall–Kier alpha value is 0.650. The number of hydrogen-bond donors (Lipinski definition) is 1. The zero-order chi connectivity index (χ0) is 8.81. The summed E-state index contributed by atoms with van der Waals surface area (Å²) >= 11 is 0. The molecule has 0 radical (unpaired) electrons. The summed E-state index contributed by atoms with van der Waals surface area (Å²) in [6.45, 7) is 8.14. The van der Waals surface area contributed by atoms with E-state index in [1.54, 1.807) is 0 Å². The Morgan fingerprint density at radius 3 is 2.69 bits per heavy atom. The van der Waals surface area contributed by atoms with E-state index in [9.17, 15) is 0 Å². The van der Waals surface area contributed by atoms with E-state index in [2.05, 4.69) is 24.1 Å². The molecular weight excluding hydrogens is 275 g/mol. The van der Waals surface area contributed by atoms with Gasteiger partial charge in [-0.1, -0.05) is 26.2 Å². The summed E-state index contributed by atoms with van der Waals surface area (Å²) in [6, 6.07) is 0.784. The van der Waals surface area contributed by atoms with Crippen LogP contribution < -0.4 is 5.32 Å². The fraction of sp³-hybridized carbons (Fsp3) is 1.00. The molecule has 1 rings (SSSR count). The van der Waals surface area contributed by atoms with E-state index in [0.29, 0.717) is 0 Å². The van der Waals surface area contributed by atoms with E-state index in [4.69, 9.17) is 0 Å². The average Bonchev–Trinajstić information content (AvgIpc) is 2.56. The lowest BCUT2D eigenvalue weighted by Crippen LogP contribution is -2.31. The van der Waals surface area contributed by atoms with Crippen LogP contribution in [0.4, 0.5) is 0 Å². The second-order valence-corrected chi connectivity index (χ2v) is 3.82. The van der Waals surface area contributed by atoms with E-state index < -0.39 is 0 Å². The Morgan fingerprint density at radius 2 is 2.15 bits per heavy atom. The van der Waals surface area contributed by atoms with Crippen LogP contribution in [0.3, 0.4) is 0 Å². The molecule has 1 N–H and O–H groups in total. The fourth-order valence-electron chi connectivity index (χ4n) is 1.77. The molecule has 0 aliphatic carbocycles. The minimum Gasteiger partial charge on any atom is -0.303 e. The van der Waals surface area contributed by atoms with E-state index in [1.165, 1.54) is 38.8 Å². The number of halogens is 1. The van der Waals surface area contributed by atoms with Crippen molar-refractivity contribution in [2.24, 2.45) is 0 Å². The van der Waals surface area contributed by atoms with Crippen LogP contribution in [0.25, 0.3) is 0 Å². The summed E-state index contributed by atoms with van der Waals surface area (Å²) in [6.07, 6.45) is 5.50. The maximum Gasteiger partial charge on any atom is 0.0484 e. The maximum absolute atomic E-state index is 3.37. The average molecular weight is 298 g/mol. The minimum absolute atomic E-state index is 0. The highest BCUT2D eigenvalue weighted by Crippen LogP contribution is 2.10. The second-order valence-electron chi connectivity index (χ2n) is 3.82.